The molecule has 0 bridgehead atoms. The van der Waals surface area contributed by atoms with E-state index < -0.39 is 20.0 Å². The van der Waals surface area contributed by atoms with Gasteiger partial charge in [-0.1, -0.05) is 353 Å². The second kappa shape index (κ2) is 62.8. The van der Waals surface area contributed by atoms with E-state index in [1.165, 1.54) is 321 Å². The number of phosphoric ester groups is 1. The van der Waals surface area contributed by atoms with E-state index in [4.69, 9.17) is 9.05 Å². The number of unbranched alkanes of at least 4 members (excludes halogenated alkanes) is 53. The second-order valence-electron chi connectivity index (χ2n) is 26.3. The fraction of sp³-hybridized carbons (Fsp3) is 0.958. The van der Waals surface area contributed by atoms with Crippen LogP contribution in [0.1, 0.15) is 386 Å². The molecule has 8 nitrogen and oxygen atoms in total. The Kier molecular flexibility index (Phi) is 62.2. The number of carbonyl (C=O) groups excluding carboxylic acids is 1. The molecule has 0 aliphatic rings. The third-order valence-electron chi connectivity index (χ3n) is 17.0. The van der Waals surface area contributed by atoms with Gasteiger partial charge in [-0.2, -0.15) is 0 Å². The zero-order chi connectivity index (χ0) is 58.4. The number of amides is 1. The second-order valence-corrected chi connectivity index (χ2v) is 27.7. The summed E-state index contributed by atoms with van der Waals surface area (Å²) in [4.78, 5) is 25.7. The molecule has 3 unspecified atom stereocenters. The van der Waals surface area contributed by atoms with Crippen LogP contribution in [0.5, 0.6) is 0 Å². The van der Waals surface area contributed by atoms with E-state index in [1.54, 1.807) is 0 Å². The number of hydrogen-bond acceptors (Lipinski definition) is 6. The molecule has 0 saturated heterocycles. The molecular formula is C71H143N2O6P. The van der Waals surface area contributed by atoms with Crippen molar-refractivity contribution in [1.29, 1.82) is 0 Å². The molecule has 0 rings (SSSR count). The first-order chi connectivity index (χ1) is 39.0. The van der Waals surface area contributed by atoms with Gasteiger partial charge in [0.15, 0.2) is 0 Å². The van der Waals surface area contributed by atoms with E-state index in [0.717, 1.165) is 38.5 Å². The fourth-order valence-corrected chi connectivity index (χ4v) is 12.1. The van der Waals surface area contributed by atoms with Crippen molar-refractivity contribution in [2.75, 3.05) is 40.9 Å². The Morgan fingerprint density at radius 1 is 0.425 bits per heavy atom. The van der Waals surface area contributed by atoms with E-state index in [1.807, 2.05) is 21.1 Å². The normalized spacial score (nSPS) is 13.6. The quantitative estimate of drug-likeness (QED) is 0.0272. The van der Waals surface area contributed by atoms with Crippen LogP contribution in [0.3, 0.4) is 0 Å². The van der Waals surface area contributed by atoms with Crippen LogP contribution in [-0.2, 0) is 18.4 Å². The smallest absolute Gasteiger partial charge is 0.268 e. The minimum Gasteiger partial charge on any atom is -0.756 e. The van der Waals surface area contributed by atoms with Crippen molar-refractivity contribution in [3.8, 4) is 0 Å². The Morgan fingerprint density at radius 3 is 0.975 bits per heavy atom. The van der Waals surface area contributed by atoms with Gasteiger partial charge in [0.25, 0.3) is 7.82 Å². The minimum absolute atomic E-state index is 0.0158. The van der Waals surface area contributed by atoms with Gasteiger partial charge in [0.05, 0.1) is 39.9 Å². The average molecular weight is 1150 g/mol. The van der Waals surface area contributed by atoms with Crippen molar-refractivity contribution in [3.05, 3.63) is 12.2 Å². The van der Waals surface area contributed by atoms with Gasteiger partial charge >= 0.3 is 0 Å². The van der Waals surface area contributed by atoms with Crippen LogP contribution in [0.2, 0.25) is 0 Å². The predicted molar refractivity (Wildman–Crippen MR) is 349 cm³/mol. The molecule has 0 spiro atoms. The van der Waals surface area contributed by atoms with Gasteiger partial charge in [0.2, 0.25) is 5.91 Å². The molecule has 3 atom stereocenters. The summed E-state index contributed by atoms with van der Waals surface area (Å²) in [6.45, 7) is 4.80. The first-order valence-electron chi connectivity index (χ1n) is 36.0. The molecule has 478 valence electrons. The predicted octanol–water partition coefficient (Wildman–Crippen LogP) is 22.3. The van der Waals surface area contributed by atoms with Gasteiger partial charge in [-0.25, -0.2) is 0 Å². The molecule has 0 saturated carbocycles. The Balaban J connectivity index is 3.97. The summed E-state index contributed by atoms with van der Waals surface area (Å²) in [5, 5.41) is 14.1. The van der Waals surface area contributed by atoms with Crippen LogP contribution in [0.4, 0.5) is 0 Å². The molecule has 2 N–H and O–H groups in total. The van der Waals surface area contributed by atoms with Crippen LogP contribution < -0.4 is 10.2 Å². The number of nitrogens with one attached hydrogen (secondary N) is 1. The highest BCUT2D eigenvalue weighted by atomic mass is 31.2. The monoisotopic (exact) mass is 1150 g/mol. The number of hydrogen-bond donors (Lipinski definition) is 2. The Morgan fingerprint density at radius 2 is 0.688 bits per heavy atom. The van der Waals surface area contributed by atoms with E-state index in [2.05, 4.69) is 31.3 Å². The fourth-order valence-electron chi connectivity index (χ4n) is 11.4. The van der Waals surface area contributed by atoms with Crippen LogP contribution in [0.25, 0.3) is 0 Å². The number of phosphoric acid groups is 1. The van der Waals surface area contributed by atoms with Crippen LogP contribution in [0.15, 0.2) is 12.2 Å². The van der Waals surface area contributed by atoms with E-state index in [9.17, 15) is 19.4 Å². The van der Waals surface area contributed by atoms with Crippen LogP contribution in [0, 0.1) is 0 Å². The van der Waals surface area contributed by atoms with Gasteiger partial charge in [-0.05, 0) is 38.5 Å². The van der Waals surface area contributed by atoms with Crippen molar-refractivity contribution >= 4 is 13.7 Å². The minimum atomic E-state index is -4.58. The summed E-state index contributed by atoms with van der Waals surface area (Å²) in [5.74, 6) is -0.155. The molecule has 0 radical (unpaired) electrons. The van der Waals surface area contributed by atoms with E-state index in [0.29, 0.717) is 23.9 Å². The molecule has 0 aliphatic heterocycles. The number of likely N-dealkylation sites (N-methyl/N-ethyl adjacent to an activating group) is 1. The third-order valence-corrected chi connectivity index (χ3v) is 18.0. The average Bonchev–Trinajstić information content (AvgIpc) is 3.42. The van der Waals surface area contributed by atoms with Crippen molar-refractivity contribution < 1.29 is 32.9 Å². The maximum atomic E-state index is 13.1. The Labute approximate surface area is 501 Å². The van der Waals surface area contributed by atoms with Gasteiger partial charge in [-0.3, -0.25) is 9.36 Å². The van der Waals surface area contributed by atoms with Gasteiger partial charge in [0.1, 0.15) is 13.2 Å². The maximum Gasteiger partial charge on any atom is 0.268 e. The topological polar surface area (TPSA) is 108 Å². The van der Waals surface area contributed by atoms with Crippen molar-refractivity contribution in [3.63, 3.8) is 0 Å². The number of carbonyl (C=O) groups is 1. The highest BCUT2D eigenvalue weighted by Crippen LogP contribution is 2.38. The molecule has 1 amide bonds. The van der Waals surface area contributed by atoms with E-state index >= 15 is 0 Å². The number of nitrogens with zero attached hydrogens (tertiary/aromatic N) is 1. The van der Waals surface area contributed by atoms with Crippen molar-refractivity contribution in [2.45, 2.75) is 398 Å². The SMILES string of the molecule is CCCCCCCCCCCCCC/C=C\CCCCCCCCCCCCCCCCCCCC(=O)NC(COP(=O)([O-])OCC[N+](C)(C)C)C(O)CCCCCCCCCCCCCCCCCCCCCCCCCCC. The largest absolute Gasteiger partial charge is 0.756 e. The number of aliphatic hydroxyl groups excluding tert-OH is 1. The molecule has 0 aromatic heterocycles. The van der Waals surface area contributed by atoms with Crippen LogP contribution in [-0.4, -0.2) is 68.5 Å². The lowest BCUT2D eigenvalue weighted by Crippen LogP contribution is -2.46. The summed E-state index contributed by atoms with van der Waals surface area (Å²) in [5.41, 5.74) is 0. The number of rotatable bonds is 68. The highest BCUT2D eigenvalue weighted by Gasteiger charge is 2.24. The highest BCUT2D eigenvalue weighted by molar-refractivity contribution is 7.45. The van der Waals surface area contributed by atoms with Crippen molar-refractivity contribution in [2.24, 2.45) is 0 Å². The number of aliphatic hydroxyl groups is 1. The summed E-state index contributed by atoms with van der Waals surface area (Å²) in [6, 6.07) is -0.799. The zero-order valence-corrected chi connectivity index (χ0v) is 55.7. The molecule has 0 aromatic rings. The molecule has 0 heterocycles. The summed E-state index contributed by atoms with van der Waals surface area (Å²) >= 11 is 0. The van der Waals surface area contributed by atoms with E-state index in [-0.39, 0.29) is 19.1 Å². The van der Waals surface area contributed by atoms with Gasteiger partial charge < -0.3 is 28.8 Å². The van der Waals surface area contributed by atoms with Gasteiger partial charge in [-0.15, -0.1) is 0 Å². The zero-order valence-electron chi connectivity index (χ0n) is 54.8. The lowest BCUT2D eigenvalue weighted by Gasteiger charge is -2.30. The first kappa shape index (κ1) is 79.2. The molecule has 0 aliphatic carbocycles. The molecule has 0 fully saturated rings. The van der Waals surface area contributed by atoms with Crippen molar-refractivity contribution in [1.82, 2.24) is 5.32 Å². The maximum absolute atomic E-state index is 13.1. The number of quaternary nitrogens is 1. The lowest BCUT2D eigenvalue weighted by atomic mass is 10.0. The Hall–Kier alpha value is -0.760. The third kappa shape index (κ3) is 64.8. The molecule has 0 aromatic carbocycles. The first-order valence-corrected chi connectivity index (χ1v) is 37.5. The van der Waals surface area contributed by atoms with Gasteiger partial charge in [0, 0.05) is 6.42 Å². The molecule has 9 heteroatoms. The lowest BCUT2D eigenvalue weighted by molar-refractivity contribution is -0.870. The molecular weight excluding hydrogens is 1010 g/mol. The standard InChI is InChI=1S/C71H143N2O6P/c1-6-8-10-12-14-16-18-20-22-24-26-28-30-32-33-34-35-36-37-38-39-41-43-45-47-49-51-53-55-57-59-61-63-65-71(75)72-69(68-79-80(76,77)78-67-66-73(3,4)5)70(74)64-62-60-58-56-54-52-50-48-46-44-42-40-31-29-27-25-23-21-19-17-15-13-11-9-7-2/h32-33,69-70,74H,6-31,34-68H2,1-5H3,(H-,72,75,76,77)/b33-32-. The molecule has 80 heavy (non-hydrogen) atoms. The van der Waals surface area contributed by atoms with Crippen LogP contribution >= 0.6 is 7.82 Å². The number of allylic oxidation sites excluding steroid dienone is 2. The summed E-state index contributed by atoms with van der Waals surface area (Å²) in [7, 11) is 1.33. The Bertz CT molecular complexity index is 1310. The summed E-state index contributed by atoms with van der Waals surface area (Å²) in [6.07, 6.45) is 80.1. The summed E-state index contributed by atoms with van der Waals surface area (Å²) < 4.78 is 23.5.